The zero-order valence-electron chi connectivity index (χ0n) is 35.4. The number of aliphatic hydroxyl groups is 1. The molecule has 1 rings (SSSR count). The van der Waals surface area contributed by atoms with Crippen LogP contribution in [0.3, 0.4) is 0 Å². The minimum absolute atomic E-state index is 0.0633. The summed E-state index contributed by atoms with van der Waals surface area (Å²) in [7, 11) is 0. The van der Waals surface area contributed by atoms with Crippen LogP contribution in [0.15, 0.2) is 30.3 Å². The molecule has 0 fully saturated rings. The van der Waals surface area contributed by atoms with Gasteiger partial charge in [-0.1, -0.05) is 101 Å². The number of carboxylic acids is 1. The minimum atomic E-state index is -1.59. The second kappa shape index (κ2) is 31.8. The minimum Gasteiger partial charge on any atom is -0.480 e. The number of carbonyl (C=O) groups excluding carboxylic acids is 7. The quantitative estimate of drug-likeness (QED) is 0.0436. The van der Waals surface area contributed by atoms with Crippen molar-refractivity contribution in [3.8, 4) is 0 Å². The second-order valence-electron chi connectivity index (χ2n) is 15.1. The fraction of sp³-hybridized carbons (Fsp3) is 0.667. The van der Waals surface area contributed by atoms with Gasteiger partial charge in [-0.15, -0.1) is 0 Å². The molecule has 0 aromatic heterocycles. The molecule has 5 atom stereocenters. The molecule has 7 amide bonds. The first kappa shape index (κ1) is 52.9. The number of rotatable bonds is 34. The summed E-state index contributed by atoms with van der Waals surface area (Å²) in [6.45, 7) is 2.63. The summed E-state index contributed by atoms with van der Waals surface area (Å²) in [5, 5.41) is 34.2. The largest absolute Gasteiger partial charge is 0.480 e. The maximum absolute atomic E-state index is 13.7. The molecule has 1 aromatic rings. The molecule has 0 bridgehead atoms. The van der Waals surface area contributed by atoms with Crippen LogP contribution >= 0.6 is 0 Å². The van der Waals surface area contributed by atoms with Crippen molar-refractivity contribution in [1.82, 2.24) is 31.9 Å². The molecule has 0 saturated heterocycles. The maximum atomic E-state index is 13.7. The van der Waals surface area contributed by atoms with Crippen molar-refractivity contribution in [1.29, 1.82) is 0 Å². The van der Waals surface area contributed by atoms with Crippen LogP contribution < -0.4 is 43.4 Å². The Labute approximate surface area is 353 Å². The average Bonchev–Trinajstić information content (AvgIpc) is 3.21. The highest BCUT2D eigenvalue weighted by Crippen LogP contribution is 2.12. The van der Waals surface area contributed by atoms with Gasteiger partial charge in [0, 0.05) is 19.3 Å². The Morgan fingerprint density at radius 1 is 0.600 bits per heavy atom. The van der Waals surface area contributed by atoms with Crippen molar-refractivity contribution in [2.45, 2.75) is 160 Å². The van der Waals surface area contributed by atoms with E-state index in [9.17, 15) is 48.6 Å². The maximum Gasteiger partial charge on any atom is 0.326 e. The van der Waals surface area contributed by atoms with Gasteiger partial charge in [0.25, 0.3) is 0 Å². The number of primary amides is 1. The monoisotopic (exact) mass is 847 g/mol. The van der Waals surface area contributed by atoms with Gasteiger partial charge in [0.05, 0.1) is 13.2 Å². The summed E-state index contributed by atoms with van der Waals surface area (Å²) >= 11 is 0. The van der Waals surface area contributed by atoms with Gasteiger partial charge in [-0.3, -0.25) is 33.6 Å². The predicted octanol–water partition coefficient (Wildman–Crippen LogP) is 0.962. The zero-order valence-corrected chi connectivity index (χ0v) is 35.4. The molecule has 0 spiro atoms. The summed E-state index contributed by atoms with van der Waals surface area (Å²) < 4.78 is 0. The molecule has 0 saturated carbocycles. The van der Waals surface area contributed by atoms with Gasteiger partial charge in [0.2, 0.25) is 41.4 Å². The Morgan fingerprint density at radius 2 is 1.13 bits per heavy atom. The smallest absolute Gasteiger partial charge is 0.326 e. The summed E-state index contributed by atoms with van der Waals surface area (Å²) in [5.41, 5.74) is 11.4. The van der Waals surface area contributed by atoms with Crippen LogP contribution in [0.4, 0.5) is 0 Å². The lowest BCUT2D eigenvalue weighted by atomic mass is 10.0. The molecule has 18 heteroatoms. The van der Waals surface area contributed by atoms with Crippen molar-refractivity contribution < 1.29 is 48.6 Å². The van der Waals surface area contributed by atoms with Crippen LogP contribution in [0, 0.1) is 0 Å². The highest BCUT2D eigenvalue weighted by molar-refractivity contribution is 5.96. The van der Waals surface area contributed by atoms with E-state index in [2.05, 4.69) is 38.8 Å². The van der Waals surface area contributed by atoms with Gasteiger partial charge in [-0.2, -0.15) is 0 Å². The summed E-state index contributed by atoms with van der Waals surface area (Å²) in [4.78, 5) is 102. The normalized spacial score (nSPS) is 13.4. The number of aliphatic hydroxyl groups excluding tert-OH is 1. The third kappa shape index (κ3) is 24.1. The average molecular weight is 847 g/mol. The highest BCUT2D eigenvalue weighted by atomic mass is 16.4. The van der Waals surface area contributed by atoms with Crippen molar-refractivity contribution in [3.05, 3.63) is 35.9 Å². The fourth-order valence-corrected chi connectivity index (χ4v) is 6.25. The molecular weight excluding hydrogens is 777 g/mol. The van der Waals surface area contributed by atoms with E-state index in [1.54, 1.807) is 30.3 Å². The molecule has 0 aliphatic rings. The van der Waals surface area contributed by atoms with Crippen molar-refractivity contribution in [2.75, 3.05) is 19.7 Å². The molecule has 0 aliphatic carbocycles. The lowest BCUT2D eigenvalue weighted by Gasteiger charge is -2.26. The number of nitrogens with two attached hydrogens (primary N) is 2. The number of hydrogen-bond acceptors (Lipinski definition) is 10. The Bertz CT molecular complexity index is 1480. The van der Waals surface area contributed by atoms with Gasteiger partial charge in [0.15, 0.2) is 0 Å². The predicted molar refractivity (Wildman–Crippen MR) is 226 cm³/mol. The summed E-state index contributed by atoms with van der Waals surface area (Å²) in [6.07, 6.45) is 13.1. The van der Waals surface area contributed by atoms with Crippen molar-refractivity contribution in [3.63, 3.8) is 0 Å². The number of unbranched alkanes of at least 4 members (excludes halogenated alkanes) is 11. The number of carboxylic acid groups (broad SMARTS) is 1. The van der Waals surface area contributed by atoms with E-state index in [4.69, 9.17) is 11.5 Å². The van der Waals surface area contributed by atoms with Gasteiger partial charge < -0.3 is 53.6 Å². The topological polar surface area (TPSA) is 301 Å². The molecule has 1 aromatic carbocycles. The van der Waals surface area contributed by atoms with Crippen LogP contribution in [0.25, 0.3) is 0 Å². The van der Waals surface area contributed by atoms with E-state index in [0.717, 1.165) is 19.3 Å². The first-order valence-corrected chi connectivity index (χ1v) is 21.4. The van der Waals surface area contributed by atoms with E-state index in [-0.39, 0.29) is 44.6 Å². The molecular formula is C42H70N8O10. The third-order valence-corrected chi connectivity index (χ3v) is 9.83. The SMILES string of the molecule is CCCCCCCCCCCCCC(=O)NCC(=O)N[C@@H](C)C(=O)N[C@@H](CCC(N)=O)C(=O)N[C@@H](Cc1ccccc1)C(=O)N[C@@H](CO)C(=O)N[C@@H](CCCCN)C(=O)O. The number of aliphatic carboxylic acids is 1. The van der Waals surface area contributed by atoms with E-state index < -0.39 is 78.2 Å². The third-order valence-electron chi connectivity index (χ3n) is 9.83. The molecule has 0 unspecified atom stereocenters. The standard InChI is InChI=1S/C42H70N8O10/c1-3-4-5-6-7-8-9-10-11-12-16-22-36(53)45-27-37(54)46-29(2)38(55)47-31(23-24-35(44)52)39(56)49-33(26-30-19-14-13-15-20-30)40(57)50-34(28-51)41(58)48-32(42(59)60)21-17-18-25-43/h13-15,19-20,29,31-34,51H,3-12,16-18,21-28,43H2,1-2H3,(H2,44,52)(H,45,53)(H,46,54)(H,47,55)(H,48,58)(H,49,56)(H,50,57)(H,59,60)/t29-,31-,32-,33-,34-/m0/s1. The van der Waals surface area contributed by atoms with Crippen LogP contribution in [0.5, 0.6) is 0 Å². The first-order valence-electron chi connectivity index (χ1n) is 21.4. The molecule has 338 valence electrons. The van der Waals surface area contributed by atoms with Crippen LogP contribution in [0.1, 0.15) is 129 Å². The van der Waals surface area contributed by atoms with Crippen LogP contribution in [-0.4, -0.2) is 107 Å². The van der Waals surface area contributed by atoms with Crippen LogP contribution in [-0.2, 0) is 44.8 Å². The van der Waals surface area contributed by atoms with Gasteiger partial charge in [-0.25, -0.2) is 4.79 Å². The summed E-state index contributed by atoms with van der Waals surface area (Å²) in [6, 6.07) is 1.61. The fourth-order valence-electron chi connectivity index (χ4n) is 6.25. The Hall–Kier alpha value is -5.10. The first-order chi connectivity index (χ1) is 28.7. The summed E-state index contributed by atoms with van der Waals surface area (Å²) in [5.74, 6) is -6.60. The van der Waals surface area contributed by atoms with Gasteiger partial charge in [-0.05, 0) is 51.1 Å². The van der Waals surface area contributed by atoms with E-state index in [1.165, 1.54) is 51.9 Å². The lowest BCUT2D eigenvalue weighted by molar-refractivity contribution is -0.143. The molecule has 60 heavy (non-hydrogen) atoms. The number of nitrogens with one attached hydrogen (secondary N) is 6. The van der Waals surface area contributed by atoms with E-state index in [1.807, 2.05) is 0 Å². The molecule has 0 heterocycles. The molecule has 0 radical (unpaired) electrons. The highest BCUT2D eigenvalue weighted by Gasteiger charge is 2.32. The molecule has 18 nitrogen and oxygen atoms in total. The number of carbonyl (C=O) groups is 8. The van der Waals surface area contributed by atoms with Gasteiger partial charge >= 0.3 is 5.97 Å². The number of hydrogen-bond donors (Lipinski definition) is 10. The van der Waals surface area contributed by atoms with E-state index in [0.29, 0.717) is 31.4 Å². The molecule has 0 aliphatic heterocycles. The lowest BCUT2D eigenvalue weighted by Crippen LogP contribution is -2.60. The Morgan fingerprint density at radius 3 is 1.70 bits per heavy atom. The number of amides is 7. The van der Waals surface area contributed by atoms with Crippen molar-refractivity contribution in [2.24, 2.45) is 11.5 Å². The Kier molecular flexibility index (Phi) is 28.0. The number of benzene rings is 1. The van der Waals surface area contributed by atoms with Gasteiger partial charge in [0.1, 0.15) is 30.2 Å². The zero-order chi connectivity index (χ0) is 44.7. The van der Waals surface area contributed by atoms with E-state index >= 15 is 0 Å². The van der Waals surface area contributed by atoms with Crippen molar-refractivity contribution >= 4 is 47.3 Å². The second-order valence-corrected chi connectivity index (χ2v) is 15.1. The Balaban J connectivity index is 2.84. The van der Waals surface area contributed by atoms with Crippen LogP contribution in [0.2, 0.25) is 0 Å². The molecule has 12 N–H and O–H groups in total.